The molecule has 0 aromatic rings. The van der Waals surface area contributed by atoms with Crippen LogP contribution in [0, 0.1) is 0 Å². The van der Waals surface area contributed by atoms with Crippen molar-refractivity contribution in [2.24, 2.45) is 0 Å². The van der Waals surface area contributed by atoms with Crippen LogP contribution in [0.1, 0.15) is 19.8 Å². The molecule has 0 aromatic carbocycles. The van der Waals surface area contributed by atoms with Crippen LogP contribution in [0.15, 0.2) is 52.9 Å². The number of halogens is 1. The molecule has 0 bridgehead atoms. The zero-order chi connectivity index (χ0) is 9.80. The number of rotatable bonds is 3. The summed E-state index contributed by atoms with van der Waals surface area (Å²) in [5.74, 6) is 0. The van der Waals surface area contributed by atoms with Gasteiger partial charge in [-0.25, -0.2) is 0 Å². The first-order valence-corrected chi connectivity index (χ1v) is 9.01. The average molecular weight is 298 g/mol. The van der Waals surface area contributed by atoms with Crippen molar-refractivity contribution in [2.75, 3.05) is 0 Å². The normalized spacial score (nSPS) is 17.9. The van der Waals surface area contributed by atoms with Crippen LogP contribution in [-0.4, -0.2) is 0 Å². The van der Waals surface area contributed by atoms with Crippen LogP contribution >= 0.6 is 0 Å². The molecule has 0 nitrogen and oxygen atoms in total. The van der Waals surface area contributed by atoms with Gasteiger partial charge in [-0.3, -0.25) is 0 Å². The zero-order valence-corrected chi connectivity index (χ0v) is 12.1. The van der Waals surface area contributed by atoms with Gasteiger partial charge in [0.2, 0.25) is 0 Å². The van der Waals surface area contributed by atoms with E-state index in [0.29, 0.717) is 0 Å². The first-order valence-electron chi connectivity index (χ1n) is 5.13. The van der Waals surface area contributed by atoms with E-state index in [2.05, 4.69) is 53.2 Å². The molecule has 2 aliphatic carbocycles. The average Bonchev–Trinajstić information content (AvgIpc) is 2.87. The van der Waals surface area contributed by atoms with Gasteiger partial charge >= 0.3 is 94.4 Å². The topological polar surface area (TPSA) is 0 Å². The second kappa shape index (κ2) is 6.45. The van der Waals surface area contributed by atoms with Crippen LogP contribution < -0.4 is 12.4 Å². The molecule has 0 saturated heterocycles. The summed E-state index contributed by atoms with van der Waals surface area (Å²) in [6, 6.07) is 0. The first-order chi connectivity index (χ1) is 6.92. The molecule has 0 N–H and O–H groups in total. The third-order valence-corrected chi connectivity index (χ3v) is 9.43. The van der Waals surface area contributed by atoms with Gasteiger partial charge in [0.1, 0.15) is 0 Å². The number of hydrogen-bond donors (Lipinski definition) is 0. The molecule has 78 valence electrons. The molecule has 0 heterocycles. The van der Waals surface area contributed by atoms with E-state index in [1.165, 1.54) is 12.8 Å². The maximum Gasteiger partial charge on any atom is -1.00 e. The minimum absolute atomic E-state index is 0. The van der Waals surface area contributed by atoms with Crippen molar-refractivity contribution in [3.63, 3.8) is 0 Å². The molecule has 15 heavy (non-hydrogen) atoms. The van der Waals surface area contributed by atoms with Gasteiger partial charge in [-0.05, 0) is 0 Å². The van der Waals surface area contributed by atoms with Gasteiger partial charge in [-0.2, -0.15) is 0 Å². The molecule has 0 aliphatic heterocycles. The number of allylic oxidation sites excluding steroid dienone is 9. The molecule has 2 heteroatoms. The van der Waals surface area contributed by atoms with Gasteiger partial charge < -0.3 is 12.4 Å². The smallest absolute Gasteiger partial charge is 1.00 e. The molecule has 0 unspecified atom stereocenters. The molecule has 2 rings (SSSR count). The van der Waals surface area contributed by atoms with Crippen molar-refractivity contribution < 1.29 is 34.2 Å². The first kappa shape index (κ1) is 12.9. The molecular formula is C13H15ClZr. The van der Waals surface area contributed by atoms with E-state index in [1.54, 1.807) is 6.56 Å². The van der Waals surface area contributed by atoms with Gasteiger partial charge in [-0.15, -0.1) is 0 Å². The molecule has 0 spiro atoms. The van der Waals surface area contributed by atoms with E-state index >= 15 is 0 Å². The van der Waals surface area contributed by atoms with Crippen molar-refractivity contribution in [3.8, 4) is 0 Å². The van der Waals surface area contributed by atoms with Crippen molar-refractivity contribution in [1.29, 1.82) is 0 Å². The summed E-state index contributed by atoms with van der Waals surface area (Å²) < 4.78 is 5.95. The zero-order valence-electron chi connectivity index (χ0n) is 8.91. The maximum absolute atomic E-state index is 2.50. The largest absolute Gasteiger partial charge is 1.00 e. The Morgan fingerprint density at radius 3 is 1.93 bits per heavy atom. The van der Waals surface area contributed by atoms with Gasteiger partial charge in [0.15, 0.2) is 0 Å². The van der Waals surface area contributed by atoms with E-state index in [-0.39, 0.29) is 12.4 Å². The van der Waals surface area contributed by atoms with Crippen LogP contribution in [0.4, 0.5) is 0 Å². The fourth-order valence-electron chi connectivity index (χ4n) is 1.88. The summed E-state index contributed by atoms with van der Waals surface area (Å²) in [6.07, 6.45) is 18.3. The van der Waals surface area contributed by atoms with Crippen LogP contribution in [0.2, 0.25) is 0 Å². The SMILES string of the molecule is C/C=[CH]\[Zr+]([C]1=CC=CC1)[C]1=CC=CC1.[Cl-]. The fourth-order valence-corrected chi connectivity index (χ4v) is 7.78. The van der Waals surface area contributed by atoms with Gasteiger partial charge in [0.05, 0.1) is 0 Å². The Bertz CT molecular complexity index is 329. The molecule has 0 aromatic heterocycles. The second-order valence-corrected chi connectivity index (χ2v) is 9.57. The Balaban J connectivity index is 0.00000112. The molecule has 0 amide bonds. The molecule has 2 aliphatic rings. The van der Waals surface area contributed by atoms with E-state index in [1.807, 2.05) is 0 Å². The van der Waals surface area contributed by atoms with E-state index in [0.717, 1.165) is 0 Å². The molecule has 0 saturated carbocycles. The van der Waals surface area contributed by atoms with Crippen LogP contribution in [-0.2, 0) is 21.8 Å². The summed E-state index contributed by atoms with van der Waals surface area (Å²) in [5, 5.41) is 0. The Morgan fingerprint density at radius 2 is 1.60 bits per heavy atom. The van der Waals surface area contributed by atoms with Crippen molar-refractivity contribution in [3.05, 3.63) is 52.9 Å². The Hall–Kier alpha value is -0.127. The maximum atomic E-state index is 2.50. The Labute approximate surface area is 106 Å². The van der Waals surface area contributed by atoms with Crippen LogP contribution in [0.5, 0.6) is 0 Å². The Morgan fingerprint density at radius 1 is 1.07 bits per heavy atom. The van der Waals surface area contributed by atoms with Crippen LogP contribution in [0.25, 0.3) is 0 Å². The minimum Gasteiger partial charge on any atom is -1.00 e. The number of hydrogen-bond acceptors (Lipinski definition) is 0. The quantitative estimate of drug-likeness (QED) is 0.724. The molecule has 0 atom stereocenters. The van der Waals surface area contributed by atoms with Crippen LogP contribution in [0.3, 0.4) is 0 Å². The third kappa shape index (κ3) is 3.16. The standard InChI is InChI=1S/2C5H5.C3H5.ClH.Zr/c2*1-2-4-5-3-1;1-3-2;;/h2*1-3H,4H2;1,3H,2H3;1H;/q;;;;+1/p-1. The van der Waals surface area contributed by atoms with Gasteiger partial charge in [0.25, 0.3) is 0 Å². The predicted molar refractivity (Wildman–Crippen MR) is 58.5 cm³/mol. The summed E-state index contributed by atoms with van der Waals surface area (Å²) in [7, 11) is 0. The summed E-state index contributed by atoms with van der Waals surface area (Å²) in [5.41, 5.74) is 0. The molecular weight excluding hydrogens is 283 g/mol. The van der Waals surface area contributed by atoms with Gasteiger partial charge in [-0.1, -0.05) is 0 Å². The molecule has 0 radical (unpaired) electrons. The van der Waals surface area contributed by atoms with E-state index in [9.17, 15) is 0 Å². The third-order valence-electron chi connectivity index (χ3n) is 2.57. The second-order valence-electron chi connectivity index (χ2n) is 3.56. The van der Waals surface area contributed by atoms with E-state index < -0.39 is 21.8 Å². The summed E-state index contributed by atoms with van der Waals surface area (Å²) in [6.45, 7) is 2.15. The fraction of sp³-hybridized carbons (Fsp3) is 0.231. The predicted octanol–water partition coefficient (Wildman–Crippen LogP) is 0.830. The van der Waals surface area contributed by atoms with Crippen molar-refractivity contribution >= 4 is 0 Å². The van der Waals surface area contributed by atoms with Gasteiger partial charge in [0, 0.05) is 0 Å². The van der Waals surface area contributed by atoms with Crippen molar-refractivity contribution in [1.82, 2.24) is 0 Å². The summed E-state index contributed by atoms with van der Waals surface area (Å²) in [4.78, 5) is 0. The minimum atomic E-state index is -1.53. The van der Waals surface area contributed by atoms with E-state index in [4.69, 9.17) is 0 Å². The van der Waals surface area contributed by atoms with Crippen molar-refractivity contribution in [2.45, 2.75) is 19.8 Å². The Kier molecular flexibility index (Phi) is 5.57. The summed E-state index contributed by atoms with van der Waals surface area (Å²) >= 11 is -1.53. The monoisotopic (exact) mass is 296 g/mol. The molecule has 0 fully saturated rings.